The van der Waals surface area contributed by atoms with E-state index in [9.17, 15) is 4.79 Å². The molecule has 5 aromatic rings. The monoisotopic (exact) mass is 572 g/mol. The van der Waals surface area contributed by atoms with E-state index in [0.29, 0.717) is 18.7 Å². The van der Waals surface area contributed by atoms with Gasteiger partial charge in [-0.25, -0.2) is 9.78 Å². The van der Waals surface area contributed by atoms with Crippen LogP contribution in [0.25, 0.3) is 33.5 Å². The first-order chi connectivity index (χ1) is 20.9. The number of nitrogens with one attached hydrogen (secondary N) is 2. The Kier molecular flexibility index (Phi) is 7.04. The zero-order chi connectivity index (χ0) is 29.5. The average molecular weight is 573 g/mol. The minimum Gasteiger partial charge on any atom is -0.368 e. The van der Waals surface area contributed by atoms with Gasteiger partial charge >= 0.3 is 6.03 Å². The highest BCUT2D eigenvalue weighted by Gasteiger charge is 2.24. The highest BCUT2D eigenvalue weighted by Crippen LogP contribution is 2.35. The van der Waals surface area contributed by atoms with Crippen LogP contribution in [-0.4, -0.2) is 68.9 Å². The number of benzene rings is 3. The fourth-order valence-corrected chi connectivity index (χ4v) is 6.14. The molecule has 4 heterocycles. The molecule has 43 heavy (non-hydrogen) atoms. The number of piperazine rings is 1. The van der Waals surface area contributed by atoms with Crippen molar-refractivity contribution in [3.8, 4) is 22.5 Å². The minimum absolute atomic E-state index is 0.121. The Morgan fingerprint density at radius 1 is 0.930 bits per heavy atom. The maximum absolute atomic E-state index is 13.2. The number of nitrogens with two attached hydrogens (primary N) is 1. The summed E-state index contributed by atoms with van der Waals surface area (Å²) in [5.41, 5.74) is 15.9. The number of carbonyl (C=O) groups is 1. The summed E-state index contributed by atoms with van der Waals surface area (Å²) in [6, 6.07) is 24.7. The van der Waals surface area contributed by atoms with Gasteiger partial charge in [0.15, 0.2) is 0 Å². The van der Waals surface area contributed by atoms with E-state index in [0.717, 1.165) is 71.9 Å². The lowest BCUT2D eigenvalue weighted by molar-refractivity contribution is 0.148. The van der Waals surface area contributed by atoms with Crippen LogP contribution in [0.15, 0.2) is 72.8 Å². The van der Waals surface area contributed by atoms with Crippen molar-refractivity contribution in [2.45, 2.75) is 26.6 Å². The summed E-state index contributed by atoms with van der Waals surface area (Å²) in [7, 11) is 2.18. The lowest BCUT2D eigenvalue weighted by atomic mass is 10.0. The molecule has 2 aliphatic heterocycles. The number of anilines is 2. The van der Waals surface area contributed by atoms with Gasteiger partial charge < -0.3 is 25.8 Å². The van der Waals surface area contributed by atoms with Crippen LogP contribution in [0.2, 0.25) is 0 Å². The van der Waals surface area contributed by atoms with Crippen molar-refractivity contribution in [1.29, 1.82) is 0 Å². The molecule has 0 spiro atoms. The van der Waals surface area contributed by atoms with Crippen LogP contribution in [0.3, 0.4) is 0 Å². The number of hydrogen-bond donors (Lipinski definition) is 3. The van der Waals surface area contributed by atoms with Crippen LogP contribution in [0.5, 0.6) is 0 Å². The van der Waals surface area contributed by atoms with Crippen molar-refractivity contribution in [3.63, 3.8) is 0 Å². The zero-order valence-electron chi connectivity index (χ0n) is 24.6. The Balaban J connectivity index is 1.13. The lowest BCUT2D eigenvalue weighted by Crippen LogP contribution is -2.43. The van der Waals surface area contributed by atoms with Gasteiger partial charge in [0.1, 0.15) is 5.65 Å². The van der Waals surface area contributed by atoms with Gasteiger partial charge in [-0.2, -0.15) is 4.98 Å². The van der Waals surface area contributed by atoms with Crippen molar-refractivity contribution in [1.82, 2.24) is 29.7 Å². The summed E-state index contributed by atoms with van der Waals surface area (Å²) < 4.78 is 0. The number of aromatic amines is 1. The Bertz CT molecular complexity index is 1780. The van der Waals surface area contributed by atoms with E-state index in [1.807, 2.05) is 42.2 Å². The first kappa shape index (κ1) is 27.1. The summed E-state index contributed by atoms with van der Waals surface area (Å²) in [6.07, 6.45) is 0. The van der Waals surface area contributed by atoms with Crippen molar-refractivity contribution in [2.24, 2.45) is 0 Å². The summed E-state index contributed by atoms with van der Waals surface area (Å²) in [6.45, 7) is 8.59. The number of aromatic nitrogens is 3. The average Bonchev–Trinajstić information content (AvgIpc) is 3.64. The quantitative estimate of drug-likeness (QED) is 0.258. The molecule has 9 nitrogen and oxygen atoms in total. The van der Waals surface area contributed by atoms with Gasteiger partial charge in [-0.15, -0.1) is 0 Å². The smallest absolute Gasteiger partial charge is 0.322 e. The second-order valence-electron chi connectivity index (χ2n) is 11.7. The number of H-pyrrole nitrogens is 1. The maximum atomic E-state index is 13.2. The third-order valence-electron chi connectivity index (χ3n) is 8.73. The molecular weight excluding hydrogens is 536 g/mol. The van der Waals surface area contributed by atoms with Crippen molar-refractivity contribution in [3.05, 3.63) is 95.1 Å². The Morgan fingerprint density at radius 3 is 2.37 bits per heavy atom. The normalized spacial score (nSPS) is 15.6. The van der Waals surface area contributed by atoms with E-state index in [1.165, 1.54) is 16.7 Å². The van der Waals surface area contributed by atoms with Gasteiger partial charge in [0, 0.05) is 68.1 Å². The summed E-state index contributed by atoms with van der Waals surface area (Å²) >= 11 is 0. The fraction of sp³-hybridized carbons (Fsp3) is 0.265. The predicted octanol–water partition coefficient (Wildman–Crippen LogP) is 5.48. The van der Waals surface area contributed by atoms with Gasteiger partial charge in [0.25, 0.3) is 0 Å². The molecule has 0 unspecified atom stereocenters. The standard InChI is InChI=1S/C34H36N8O/c1-22-27(8-5-9-29(22)37-34(43)42-20-25-6-3-4-7-26(25)21-42)31-28-18-30(36-32(28)39-33(35)38-31)24-12-10-23(11-13-24)19-41-16-14-40(2)15-17-41/h3-13,18H,14-17,19-21H2,1-2H3,(H,37,43)(H3,35,36,38,39). The van der Waals surface area contributed by atoms with Crippen LogP contribution >= 0.6 is 0 Å². The molecule has 0 saturated carbocycles. The predicted molar refractivity (Wildman–Crippen MR) is 171 cm³/mol. The highest BCUT2D eigenvalue weighted by atomic mass is 16.2. The van der Waals surface area contributed by atoms with E-state index in [1.54, 1.807) is 0 Å². The molecule has 9 heteroatoms. The van der Waals surface area contributed by atoms with Gasteiger partial charge in [-0.3, -0.25) is 4.90 Å². The Labute approximate surface area is 251 Å². The summed E-state index contributed by atoms with van der Waals surface area (Å²) in [5, 5.41) is 4.01. The number of amides is 2. The third-order valence-corrected chi connectivity index (χ3v) is 8.73. The minimum atomic E-state index is -0.121. The molecule has 0 radical (unpaired) electrons. The first-order valence-corrected chi connectivity index (χ1v) is 14.8. The van der Waals surface area contributed by atoms with Gasteiger partial charge in [-0.1, -0.05) is 60.7 Å². The number of nitrogen functional groups attached to an aromatic ring is 1. The fourth-order valence-electron chi connectivity index (χ4n) is 6.14. The number of hydrogen-bond acceptors (Lipinski definition) is 6. The molecule has 0 atom stereocenters. The molecule has 1 fully saturated rings. The molecule has 7 rings (SSSR count). The zero-order valence-corrected chi connectivity index (χ0v) is 24.6. The first-order valence-electron chi connectivity index (χ1n) is 14.8. The van der Waals surface area contributed by atoms with Gasteiger partial charge in [0.05, 0.1) is 5.69 Å². The largest absolute Gasteiger partial charge is 0.368 e. The van der Waals surface area contributed by atoms with Crippen LogP contribution in [-0.2, 0) is 19.6 Å². The maximum Gasteiger partial charge on any atom is 0.322 e. The highest BCUT2D eigenvalue weighted by molar-refractivity contribution is 5.98. The van der Waals surface area contributed by atoms with E-state index in [2.05, 4.69) is 79.6 Å². The number of urea groups is 1. The summed E-state index contributed by atoms with van der Waals surface area (Å²) in [4.78, 5) is 32.6. The number of likely N-dealkylation sites (N-methyl/N-ethyl adjacent to an activating group) is 1. The Hall–Kier alpha value is -4.73. The number of nitrogens with zero attached hydrogens (tertiary/aromatic N) is 5. The second kappa shape index (κ2) is 11.2. The molecular formula is C34H36N8O. The Morgan fingerprint density at radius 2 is 1.65 bits per heavy atom. The third kappa shape index (κ3) is 5.45. The molecule has 3 aromatic carbocycles. The lowest BCUT2D eigenvalue weighted by Gasteiger charge is -2.32. The van der Waals surface area contributed by atoms with Crippen molar-refractivity contribution in [2.75, 3.05) is 44.3 Å². The van der Waals surface area contributed by atoms with Crippen LogP contribution in [0.1, 0.15) is 22.3 Å². The second-order valence-corrected chi connectivity index (χ2v) is 11.7. The van der Waals surface area contributed by atoms with E-state index < -0.39 is 0 Å². The molecule has 4 N–H and O–H groups in total. The van der Waals surface area contributed by atoms with Crippen LogP contribution < -0.4 is 11.1 Å². The van der Waals surface area contributed by atoms with Crippen molar-refractivity contribution >= 4 is 28.7 Å². The van der Waals surface area contributed by atoms with Crippen molar-refractivity contribution < 1.29 is 4.79 Å². The topological polar surface area (TPSA) is 106 Å². The molecule has 2 aromatic heterocycles. The number of rotatable bonds is 5. The van der Waals surface area contributed by atoms with E-state index in [-0.39, 0.29) is 12.0 Å². The van der Waals surface area contributed by atoms with Gasteiger partial charge in [0.2, 0.25) is 5.95 Å². The SMILES string of the molecule is Cc1c(NC(=O)N2Cc3ccccc3C2)cccc1-c1nc(N)nc2[nH]c(-c3ccc(CN4CCN(C)CC4)cc3)cc12. The molecule has 2 aliphatic rings. The number of fused-ring (bicyclic) bond motifs is 2. The number of carbonyl (C=O) groups excluding carboxylic acids is 1. The molecule has 2 amide bonds. The molecule has 0 aliphatic carbocycles. The van der Waals surface area contributed by atoms with Crippen LogP contribution in [0.4, 0.5) is 16.4 Å². The molecule has 1 saturated heterocycles. The molecule has 0 bridgehead atoms. The van der Waals surface area contributed by atoms with E-state index in [4.69, 9.17) is 5.73 Å². The van der Waals surface area contributed by atoms with Gasteiger partial charge in [-0.05, 0) is 53.9 Å². The van der Waals surface area contributed by atoms with E-state index >= 15 is 0 Å². The van der Waals surface area contributed by atoms with Crippen LogP contribution in [0, 0.1) is 6.92 Å². The molecule has 218 valence electrons. The summed E-state index contributed by atoms with van der Waals surface area (Å²) in [5.74, 6) is 0.196.